The highest BCUT2D eigenvalue weighted by Gasteiger charge is 2.17. The third-order valence-electron chi connectivity index (χ3n) is 1.09. The summed E-state index contributed by atoms with van der Waals surface area (Å²) in [6.07, 6.45) is -1.67. The first-order valence-electron chi connectivity index (χ1n) is 3.05. The standard InChI is InChI=1S/C6H12FNO2/c1-8(2)6(10)5(7)3-4-9/h5,9H,3-4H2,1-2H3/t5-/m0/s1. The number of carbonyl (C=O) groups excluding carboxylic acids is 1. The lowest BCUT2D eigenvalue weighted by Gasteiger charge is -2.12. The Bertz CT molecular complexity index is 116. The smallest absolute Gasteiger partial charge is 0.256 e. The van der Waals surface area contributed by atoms with Crippen LogP contribution < -0.4 is 0 Å². The fraction of sp³-hybridized carbons (Fsp3) is 0.833. The molecule has 4 heteroatoms. The Morgan fingerprint density at radius 2 is 2.20 bits per heavy atom. The quantitative estimate of drug-likeness (QED) is 0.603. The van der Waals surface area contributed by atoms with E-state index in [0.717, 1.165) is 0 Å². The Balaban J connectivity index is 3.71. The number of hydrogen-bond donors (Lipinski definition) is 1. The van der Waals surface area contributed by atoms with Crippen LogP contribution in [-0.4, -0.2) is 42.8 Å². The number of rotatable bonds is 3. The van der Waals surface area contributed by atoms with E-state index in [1.807, 2.05) is 0 Å². The Labute approximate surface area is 59.4 Å². The van der Waals surface area contributed by atoms with E-state index in [0.29, 0.717) is 0 Å². The summed E-state index contributed by atoms with van der Waals surface area (Å²) in [7, 11) is 2.96. The van der Waals surface area contributed by atoms with Crippen LogP contribution in [0.5, 0.6) is 0 Å². The predicted octanol–water partition coefficient (Wildman–Crippen LogP) is -0.205. The highest BCUT2D eigenvalue weighted by Crippen LogP contribution is 1.99. The van der Waals surface area contributed by atoms with E-state index in [9.17, 15) is 9.18 Å². The minimum absolute atomic E-state index is 0.114. The molecule has 0 spiro atoms. The van der Waals surface area contributed by atoms with Gasteiger partial charge < -0.3 is 10.0 Å². The number of hydrogen-bond acceptors (Lipinski definition) is 2. The summed E-state index contributed by atoms with van der Waals surface area (Å²) in [6.45, 7) is -0.291. The fourth-order valence-corrected chi connectivity index (χ4v) is 0.517. The van der Waals surface area contributed by atoms with Gasteiger partial charge >= 0.3 is 0 Å². The Morgan fingerprint density at radius 1 is 1.70 bits per heavy atom. The van der Waals surface area contributed by atoms with Gasteiger partial charge in [-0.15, -0.1) is 0 Å². The zero-order valence-corrected chi connectivity index (χ0v) is 6.17. The summed E-state index contributed by atoms with van der Waals surface area (Å²) in [5, 5.41) is 8.26. The second-order valence-corrected chi connectivity index (χ2v) is 2.21. The Morgan fingerprint density at radius 3 is 2.50 bits per heavy atom. The van der Waals surface area contributed by atoms with E-state index in [2.05, 4.69) is 0 Å². The number of carbonyl (C=O) groups is 1. The molecule has 1 N–H and O–H groups in total. The number of nitrogens with zero attached hydrogens (tertiary/aromatic N) is 1. The van der Waals surface area contributed by atoms with E-state index < -0.39 is 12.1 Å². The first-order valence-corrected chi connectivity index (χ1v) is 3.05. The van der Waals surface area contributed by atoms with Gasteiger partial charge in [0, 0.05) is 27.1 Å². The van der Waals surface area contributed by atoms with Gasteiger partial charge in [-0.25, -0.2) is 4.39 Å². The van der Waals surface area contributed by atoms with E-state index in [-0.39, 0.29) is 13.0 Å². The van der Waals surface area contributed by atoms with Crippen molar-refractivity contribution in [2.24, 2.45) is 0 Å². The molecule has 0 unspecified atom stereocenters. The van der Waals surface area contributed by atoms with Gasteiger partial charge in [-0.3, -0.25) is 4.79 Å². The van der Waals surface area contributed by atoms with Crippen molar-refractivity contribution in [3.8, 4) is 0 Å². The Hall–Kier alpha value is -0.640. The first kappa shape index (κ1) is 9.36. The maximum Gasteiger partial charge on any atom is 0.256 e. The maximum atomic E-state index is 12.5. The SMILES string of the molecule is CN(C)C(=O)[C@@H](F)CCO. The minimum atomic E-state index is -1.56. The second-order valence-electron chi connectivity index (χ2n) is 2.21. The van der Waals surface area contributed by atoms with Crippen LogP contribution in [0.4, 0.5) is 4.39 Å². The van der Waals surface area contributed by atoms with Crippen LogP contribution in [0.2, 0.25) is 0 Å². The first-order chi connectivity index (χ1) is 4.59. The summed E-state index contributed by atoms with van der Waals surface area (Å²) in [4.78, 5) is 11.8. The number of aliphatic hydroxyl groups is 1. The largest absolute Gasteiger partial charge is 0.396 e. The summed E-state index contributed by atoms with van der Waals surface area (Å²) in [5.74, 6) is -0.589. The molecule has 1 amide bonds. The van der Waals surface area contributed by atoms with Crippen LogP contribution in [0.15, 0.2) is 0 Å². The molecule has 0 saturated heterocycles. The fourth-order valence-electron chi connectivity index (χ4n) is 0.517. The van der Waals surface area contributed by atoms with Crippen LogP contribution in [0.3, 0.4) is 0 Å². The van der Waals surface area contributed by atoms with Crippen molar-refractivity contribution < 1.29 is 14.3 Å². The molecule has 0 radical (unpaired) electrons. The second kappa shape index (κ2) is 4.22. The molecule has 0 bridgehead atoms. The molecule has 0 aromatic rings. The molecule has 0 aliphatic heterocycles. The number of alkyl halides is 1. The number of halogens is 1. The van der Waals surface area contributed by atoms with E-state index >= 15 is 0 Å². The highest BCUT2D eigenvalue weighted by atomic mass is 19.1. The number of amides is 1. The zero-order valence-electron chi connectivity index (χ0n) is 6.17. The monoisotopic (exact) mass is 149 g/mol. The molecule has 1 atom stereocenters. The molecule has 0 aliphatic rings. The van der Waals surface area contributed by atoms with Crippen molar-refractivity contribution in [1.29, 1.82) is 0 Å². The molecule has 60 valence electrons. The molecule has 0 aliphatic carbocycles. The lowest BCUT2D eigenvalue weighted by molar-refractivity contribution is -0.134. The minimum Gasteiger partial charge on any atom is -0.396 e. The average molecular weight is 149 g/mol. The predicted molar refractivity (Wildman–Crippen MR) is 35.3 cm³/mol. The molecular formula is C6H12FNO2. The lowest BCUT2D eigenvalue weighted by Crippen LogP contribution is -2.31. The van der Waals surface area contributed by atoms with Gasteiger partial charge in [-0.05, 0) is 0 Å². The third-order valence-corrected chi connectivity index (χ3v) is 1.09. The van der Waals surface area contributed by atoms with Crippen LogP contribution >= 0.6 is 0 Å². The molecule has 0 rings (SSSR count). The van der Waals surface area contributed by atoms with Crippen LogP contribution in [0, 0.1) is 0 Å². The van der Waals surface area contributed by atoms with Crippen molar-refractivity contribution in [1.82, 2.24) is 4.90 Å². The normalized spacial score (nSPS) is 12.8. The zero-order chi connectivity index (χ0) is 8.15. The summed E-state index contributed by atoms with van der Waals surface area (Å²) < 4.78 is 12.5. The summed E-state index contributed by atoms with van der Waals surface area (Å²) >= 11 is 0. The molecular weight excluding hydrogens is 137 g/mol. The van der Waals surface area contributed by atoms with Gasteiger partial charge in [-0.2, -0.15) is 0 Å². The Kier molecular flexibility index (Phi) is 3.95. The van der Waals surface area contributed by atoms with Crippen molar-refractivity contribution in [2.75, 3.05) is 20.7 Å². The molecule has 0 heterocycles. The molecule has 0 saturated carbocycles. The highest BCUT2D eigenvalue weighted by molar-refractivity contribution is 5.80. The van der Waals surface area contributed by atoms with Gasteiger partial charge in [0.05, 0.1) is 0 Å². The van der Waals surface area contributed by atoms with Gasteiger partial charge in [0.25, 0.3) is 5.91 Å². The van der Waals surface area contributed by atoms with Crippen molar-refractivity contribution in [2.45, 2.75) is 12.6 Å². The van der Waals surface area contributed by atoms with Gasteiger partial charge in [0.15, 0.2) is 6.17 Å². The molecule has 0 aromatic heterocycles. The van der Waals surface area contributed by atoms with E-state index in [4.69, 9.17) is 5.11 Å². The van der Waals surface area contributed by atoms with E-state index in [1.54, 1.807) is 0 Å². The van der Waals surface area contributed by atoms with E-state index in [1.165, 1.54) is 19.0 Å². The average Bonchev–Trinajstić information content (AvgIpc) is 1.87. The lowest BCUT2D eigenvalue weighted by atomic mass is 10.2. The topological polar surface area (TPSA) is 40.5 Å². The maximum absolute atomic E-state index is 12.5. The van der Waals surface area contributed by atoms with Crippen LogP contribution in [0.25, 0.3) is 0 Å². The van der Waals surface area contributed by atoms with Crippen LogP contribution in [0.1, 0.15) is 6.42 Å². The number of aliphatic hydroxyl groups excluding tert-OH is 1. The molecule has 0 fully saturated rings. The van der Waals surface area contributed by atoms with Gasteiger partial charge in [0.1, 0.15) is 0 Å². The van der Waals surface area contributed by atoms with Gasteiger partial charge in [0.2, 0.25) is 0 Å². The van der Waals surface area contributed by atoms with Crippen LogP contribution in [-0.2, 0) is 4.79 Å². The van der Waals surface area contributed by atoms with Crippen molar-refractivity contribution >= 4 is 5.91 Å². The third kappa shape index (κ3) is 2.77. The van der Waals surface area contributed by atoms with Crippen molar-refractivity contribution in [3.05, 3.63) is 0 Å². The summed E-state index contributed by atoms with van der Waals surface area (Å²) in [5.41, 5.74) is 0. The molecule has 0 aromatic carbocycles. The summed E-state index contributed by atoms with van der Waals surface area (Å²) in [6, 6.07) is 0. The van der Waals surface area contributed by atoms with Crippen molar-refractivity contribution in [3.63, 3.8) is 0 Å². The molecule has 10 heavy (non-hydrogen) atoms. The molecule has 3 nitrogen and oxygen atoms in total. The van der Waals surface area contributed by atoms with Gasteiger partial charge in [-0.1, -0.05) is 0 Å².